The average molecular weight is 306 g/mol. The largest absolute Gasteiger partial charge is 0.480 e. The van der Waals surface area contributed by atoms with E-state index in [2.05, 4.69) is 0 Å². The first-order chi connectivity index (χ1) is 9.50. The molecule has 2 heterocycles. The zero-order chi connectivity index (χ0) is 14.6. The molecule has 0 saturated carbocycles. The van der Waals surface area contributed by atoms with Crippen molar-refractivity contribution in [2.24, 2.45) is 0 Å². The van der Waals surface area contributed by atoms with Crippen LogP contribution in [0.2, 0.25) is 0 Å². The fourth-order valence-electron chi connectivity index (χ4n) is 2.68. The van der Waals surface area contributed by atoms with Gasteiger partial charge in [-0.1, -0.05) is 6.42 Å². The molecular formula is C12H22N2O5S. The molecule has 0 amide bonds. The van der Waals surface area contributed by atoms with Crippen molar-refractivity contribution < 1.29 is 23.1 Å². The molecule has 2 aliphatic heterocycles. The molecule has 8 heteroatoms. The molecule has 116 valence electrons. The number of aliphatic carboxylic acids is 1. The van der Waals surface area contributed by atoms with E-state index in [0.717, 1.165) is 19.3 Å². The van der Waals surface area contributed by atoms with E-state index in [-0.39, 0.29) is 12.7 Å². The Balaban J connectivity index is 1.84. The van der Waals surface area contributed by atoms with E-state index in [1.54, 1.807) is 4.31 Å². The van der Waals surface area contributed by atoms with Crippen molar-refractivity contribution in [2.45, 2.75) is 38.2 Å². The molecule has 0 aromatic rings. The molecule has 2 rings (SSSR count). The lowest BCUT2D eigenvalue weighted by molar-refractivity contribution is -0.145. The molecule has 0 aliphatic carbocycles. The van der Waals surface area contributed by atoms with Crippen molar-refractivity contribution in [3.05, 3.63) is 0 Å². The van der Waals surface area contributed by atoms with Crippen molar-refractivity contribution in [1.29, 1.82) is 0 Å². The Morgan fingerprint density at radius 3 is 2.15 bits per heavy atom. The monoisotopic (exact) mass is 306 g/mol. The van der Waals surface area contributed by atoms with Crippen LogP contribution in [0.5, 0.6) is 0 Å². The number of nitrogens with zero attached hydrogens (tertiary/aromatic N) is 2. The molecule has 0 aromatic heterocycles. The maximum Gasteiger partial charge on any atom is 0.329 e. The summed E-state index contributed by atoms with van der Waals surface area (Å²) in [5.41, 5.74) is 0. The van der Waals surface area contributed by atoms with Crippen LogP contribution in [-0.2, 0) is 19.7 Å². The van der Waals surface area contributed by atoms with Gasteiger partial charge in [-0.2, -0.15) is 17.0 Å². The highest BCUT2D eigenvalue weighted by Gasteiger charge is 2.33. The van der Waals surface area contributed by atoms with Gasteiger partial charge in [0.15, 0.2) is 0 Å². The summed E-state index contributed by atoms with van der Waals surface area (Å²) in [6, 6.07) is 0. The van der Waals surface area contributed by atoms with Crippen molar-refractivity contribution in [3.8, 4) is 0 Å². The van der Waals surface area contributed by atoms with Crippen LogP contribution in [0.1, 0.15) is 32.1 Å². The third-order valence-corrected chi connectivity index (χ3v) is 5.85. The van der Waals surface area contributed by atoms with Gasteiger partial charge in [0.2, 0.25) is 0 Å². The molecule has 20 heavy (non-hydrogen) atoms. The van der Waals surface area contributed by atoms with Gasteiger partial charge in [-0.3, -0.25) is 0 Å². The van der Waals surface area contributed by atoms with Crippen molar-refractivity contribution in [3.63, 3.8) is 0 Å². The van der Waals surface area contributed by atoms with Crippen LogP contribution in [0, 0.1) is 0 Å². The molecule has 0 spiro atoms. The summed E-state index contributed by atoms with van der Waals surface area (Å²) >= 11 is 0. The van der Waals surface area contributed by atoms with E-state index < -0.39 is 16.2 Å². The Labute approximate surface area is 119 Å². The third-order valence-electron chi connectivity index (χ3n) is 3.81. The fourth-order valence-corrected chi connectivity index (χ4v) is 4.40. The predicted molar refractivity (Wildman–Crippen MR) is 72.5 cm³/mol. The fraction of sp³-hybridized carbons (Fsp3) is 0.917. The Bertz CT molecular complexity index is 425. The van der Waals surface area contributed by atoms with Crippen LogP contribution >= 0.6 is 0 Å². The van der Waals surface area contributed by atoms with Crippen LogP contribution in [0.4, 0.5) is 0 Å². The van der Waals surface area contributed by atoms with E-state index in [9.17, 15) is 13.2 Å². The highest BCUT2D eigenvalue weighted by atomic mass is 32.2. The van der Waals surface area contributed by atoms with Gasteiger partial charge in [-0.25, -0.2) is 4.79 Å². The van der Waals surface area contributed by atoms with Gasteiger partial charge in [-0.05, 0) is 25.7 Å². The second kappa shape index (κ2) is 6.84. The minimum atomic E-state index is -3.35. The molecular weight excluding hydrogens is 284 g/mol. The van der Waals surface area contributed by atoms with Gasteiger partial charge in [0, 0.05) is 26.2 Å². The zero-order valence-corrected chi connectivity index (χ0v) is 12.3. The van der Waals surface area contributed by atoms with E-state index in [1.807, 2.05) is 0 Å². The van der Waals surface area contributed by atoms with Crippen molar-refractivity contribution in [2.75, 3.05) is 32.8 Å². The highest BCUT2D eigenvalue weighted by molar-refractivity contribution is 7.86. The molecule has 2 saturated heterocycles. The number of carboxylic acid groups (broad SMARTS) is 1. The van der Waals surface area contributed by atoms with Crippen LogP contribution in [-0.4, -0.2) is 67.0 Å². The Kier molecular flexibility index (Phi) is 5.36. The van der Waals surface area contributed by atoms with Gasteiger partial charge in [0.25, 0.3) is 10.2 Å². The van der Waals surface area contributed by atoms with Gasteiger partial charge in [0.1, 0.15) is 6.61 Å². The van der Waals surface area contributed by atoms with Gasteiger partial charge < -0.3 is 9.84 Å². The number of ether oxygens (including phenoxy) is 1. The molecule has 2 fully saturated rings. The maximum atomic E-state index is 12.4. The smallest absolute Gasteiger partial charge is 0.329 e. The summed E-state index contributed by atoms with van der Waals surface area (Å²) < 4.78 is 33.1. The highest BCUT2D eigenvalue weighted by Crippen LogP contribution is 2.21. The van der Waals surface area contributed by atoms with Crippen LogP contribution < -0.4 is 0 Å². The molecule has 7 nitrogen and oxygen atoms in total. The lowest BCUT2D eigenvalue weighted by atomic mass is 10.1. The molecule has 0 unspecified atom stereocenters. The average Bonchev–Trinajstić information content (AvgIpc) is 2.46. The molecule has 0 aromatic carbocycles. The van der Waals surface area contributed by atoms with Gasteiger partial charge >= 0.3 is 5.97 Å². The molecule has 0 atom stereocenters. The van der Waals surface area contributed by atoms with Crippen LogP contribution in [0.3, 0.4) is 0 Å². The molecule has 1 N–H and O–H groups in total. The summed E-state index contributed by atoms with van der Waals surface area (Å²) in [6.45, 7) is 1.71. The molecule has 0 bridgehead atoms. The Morgan fingerprint density at radius 2 is 1.60 bits per heavy atom. The lowest BCUT2D eigenvalue weighted by Crippen LogP contribution is -2.49. The Morgan fingerprint density at radius 1 is 1.05 bits per heavy atom. The topological polar surface area (TPSA) is 87.1 Å². The number of rotatable bonds is 5. The minimum Gasteiger partial charge on any atom is -0.480 e. The summed E-state index contributed by atoms with van der Waals surface area (Å²) in [6.07, 6.45) is 3.91. The minimum absolute atomic E-state index is 0.154. The molecule has 2 aliphatic rings. The normalized spacial score (nSPS) is 23.8. The van der Waals surface area contributed by atoms with Crippen LogP contribution in [0.15, 0.2) is 0 Å². The van der Waals surface area contributed by atoms with E-state index in [4.69, 9.17) is 9.84 Å². The second-order valence-electron chi connectivity index (χ2n) is 5.27. The third kappa shape index (κ3) is 3.91. The number of carbonyl (C=O) groups is 1. The van der Waals surface area contributed by atoms with Gasteiger partial charge in [0.05, 0.1) is 6.10 Å². The molecule has 0 radical (unpaired) electrons. The summed E-state index contributed by atoms with van der Waals surface area (Å²) in [4.78, 5) is 10.4. The predicted octanol–water partition coefficient (Wildman–Crippen LogP) is 0.283. The first-order valence-corrected chi connectivity index (χ1v) is 8.48. The zero-order valence-electron chi connectivity index (χ0n) is 11.5. The van der Waals surface area contributed by atoms with Gasteiger partial charge in [-0.15, -0.1) is 0 Å². The summed E-state index contributed by atoms with van der Waals surface area (Å²) in [5.74, 6) is -0.992. The standard InChI is InChI=1S/C12H22N2O5S/c15-12(16)10-19-11-4-8-14(9-5-11)20(17,18)13-6-2-1-3-7-13/h11H,1-10H2,(H,15,16). The quantitative estimate of drug-likeness (QED) is 0.788. The Hall–Kier alpha value is -0.700. The summed E-state index contributed by atoms with van der Waals surface area (Å²) in [5, 5.41) is 8.56. The van der Waals surface area contributed by atoms with E-state index in [1.165, 1.54) is 4.31 Å². The number of carboxylic acids is 1. The van der Waals surface area contributed by atoms with E-state index >= 15 is 0 Å². The van der Waals surface area contributed by atoms with E-state index in [0.29, 0.717) is 39.0 Å². The second-order valence-corrected chi connectivity index (χ2v) is 7.20. The number of piperidine rings is 2. The maximum absolute atomic E-state index is 12.4. The summed E-state index contributed by atoms with van der Waals surface area (Å²) in [7, 11) is -3.35. The SMILES string of the molecule is O=C(O)COC1CCN(S(=O)(=O)N2CCCCC2)CC1. The first kappa shape index (κ1) is 15.7. The van der Waals surface area contributed by atoms with Crippen molar-refractivity contribution >= 4 is 16.2 Å². The van der Waals surface area contributed by atoms with Crippen LogP contribution in [0.25, 0.3) is 0 Å². The first-order valence-electron chi connectivity index (χ1n) is 7.09. The number of hydrogen-bond acceptors (Lipinski definition) is 4. The lowest BCUT2D eigenvalue weighted by Gasteiger charge is -2.36. The van der Waals surface area contributed by atoms with Crippen molar-refractivity contribution in [1.82, 2.24) is 8.61 Å². The number of hydrogen-bond donors (Lipinski definition) is 1.